The second kappa shape index (κ2) is 4.13. The van der Waals surface area contributed by atoms with Crippen LogP contribution < -0.4 is 4.74 Å². The lowest BCUT2D eigenvalue weighted by Crippen LogP contribution is -1.79. The van der Waals surface area contributed by atoms with Gasteiger partial charge in [-0.05, 0) is 24.4 Å². The summed E-state index contributed by atoms with van der Waals surface area (Å²) in [5.74, 6) is 0.717. The fourth-order valence-corrected chi connectivity index (χ4v) is 1.45. The zero-order valence-electron chi connectivity index (χ0n) is 6.54. The van der Waals surface area contributed by atoms with E-state index in [4.69, 9.17) is 4.74 Å². The first-order chi connectivity index (χ1) is 5.36. The Labute approximate surface area is 70.7 Å². The van der Waals surface area contributed by atoms with Crippen molar-refractivity contribution in [3.8, 4) is 5.88 Å². The Morgan fingerprint density at radius 2 is 2.64 bits per heavy atom. The number of aryl methyl sites for hydroxylation is 1. The van der Waals surface area contributed by atoms with Crippen molar-refractivity contribution in [3.63, 3.8) is 0 Å². The first kappa shape index (κ1) is 8.27. The van der Waals surface area contributed by atoms with Crippen molar-refractivity contribution in [2.75, 3.05) is 7.11 Å². The summed E-state index contributed by atoms with van der Waals surface area (Å²) in [4.78, 5) is 1.25. The van der Waals surface area contributed by atoms with Crippen LogP contribution in [0.5, 0.6) is 5.88 Å². The van der Waals surface area contributed by atoms with E-state index in [1.807, 2.05) is 12.1 Å². The molecule has 0 radical (unpaired) electrons. The largest absolute Gasteiger partial charge is 0.480 e. The fourth-order valence-electron chi connectivity index (χ4n) is 0.752. The molecule has 0 atom stereocenters. The smallest absolute Gasteiger partial charge is 0.225 e. The van der Waals surface area contributed by atoms with Gasteiger partial charge in [-0.2, -0.15) is 4.37 Å². The molecule has 0 saturated heterocycles. The average Bonchev–Trinajstić information content (AvgIpc) is 2.48. The van der Waals surface area contributed by atoms with Crippen LogP contribution in [0.4, 0.5) is 0 Å². The predicted octanol–water partition coefficient (Wildman–Crippen LogP) is 2.27. The van der Waals surface area contributed by atoms with Gasteiger partial charge in [0.25, 0.3) is 0 Å². The van der Waals surface area contributed by atoms with Crippen LogP contribution in [0.3, 0.4) is 0 Å². The van der Waals surface area contributed by atoms with Gasteiger partial charge < -0.3 is 4.74 Å². The van der Waals surface area contributed by atoms with Gasteiger partial charge in [0.1, 0.15) is 0 Å². The molecule has 2 nitrogen and oxygen atoms in total. The minimum Gasteiger partial charge on any atom is -0.480 e. The van der Waals surface area contributed by atoms with E-state index in [1.165, 1.54) is 16.4 Å². The molecule has 0 spiro atoms. The highest BCUT2D eigenvalue weighted by Crippen LogP contribution is 2.17. The molecule has 0 N–H and O–H groups in total. The lowest BCUT2D eigenvalue weighted by molar-refractivity contribution is 0.402. The van der Waals surface area contributed by atoms with E-state index in [9.17, 15) is 0 Å². The van der Waals surface area contributed by atoms with Crippen molar-refractivity contribution in [1.82, 2.24) is 4.37 Å². The minimum atomic E-state index is 0.717. The number of aromatic nitrogens is 1. The van der Waals surface area contributed by atoms with Crippen molar-refractivity contribution in [2.24, 2.45) is 0 Å². The Kier molecular flexibility index (Phi) is 3.11. The Balaban J connectivity index is 2.50. The highest BCUT2D eigenvalue weighted by Gasteiger charge is 1.98. The highest BCUT2D eigenvalue weighted by atomic mass is 32.1. The molecule has 0 aliphatic rings. The molecule has 0 fully saturated rings. The summed E-state index contributed by atoms with van der Waals surface area (Å²) in [6.45, 7) is 3.66. The fraction of sp³-hybridized carbons (Fsp3) is 0.375. The van der Waals surface area contributed by atoms with Gasteiger partial charge in [-0.15, -0.1) is 6.58 Å². The van der Waals surface area contributed by atoms with Crippen LogP contribution in [0.15, 0.2) is 18.7 Å². The average molecular weight is 169 g/mol. The summed E-state index contributed by atoms with van der Waals surface area (Å²) in [5, 5.41) is 0. The molecule has 1 aromatic heterocycles. The minimum absolute atomic E-state index is 0.717. The predicted molar refractivity (Wildman–Crippen MR) is 47.2 cm³/mol. The van der Waals surface area contributed by atoms with Gasteiger partial charge >= 0.3 is 0 Å². The van der Waals surface area contributed by atoms with E-state index >= 15 is 0 Å². The number of rotatable bonds is 4. The highest BCUT2D eigenvalue weighted by molar-refractivity contribution is 7.05. The number of ether oxygens (including phenoxy) is 1. The normalized spacial score (nSPS) is 9.55. The first-order valence-electron chi connectivity index (χ1n) is 3.47. The van der Waals surface area contributed by atoms with Gasteiger partial charge in [0.05, 0.1) is 7.11 Å². The maximum Gasteiger partial charge on any atom is 0.225 e. The first-order valence-corrected chi connectivity index (χ1v) is 4.24. The van der Waals surface area contributed by atoms with Crippen LogP contribution in [-0.4, -0.2) is 11.5 Å². The molecule has 1 heterocycles. The van der Waals surface area contributed by atoms with Crippen LogP contribution >= 0.6 is 11.5 Å². The molecule has 0 saturated carbocycles. The maximum atomic E-state index is 4.95. The monoisotopic (exact) mass is 169 g/mol. The molecule has 0 amide bonds. The molecular formula is C8H11NOS. The molecule has 11 heavy (non-hydrogen) atoms. The Bertz CT molecular complexity index is 232. The SMILES string of the molecule is C=CCCc1cc(OC)ns1. The summed E-state index contributed by atoms with van der Waals surface area (Å²) in [6.07, 6.45) is 3.93. The van der Waals surface area contributed by atoms with Gasteiger partial charge in [-0.25, -0.2) is 0 Å². The molecule has 3 heteroatoms. The maximum absolute atomic E-state index is 4.95. The van der Waals surface area contributed by atoms with Gasteiger partial charge in [0.15, 0.2) is 0 Å². The summed E-state index contributed by atoms with van der Waals surface area (Å²) >= 11 is 1.49. The summed E-state index contributed by atoms with van der Waals surface area (Å²) < 4.78 is 9.02. The third-order valence-electron chi connectivity index (χ3n) is 1.34. The number of hydrogen-bond donors (Lipinski definition) is 0. The zero-order valence-corrected chi connectivity index (χ0v) is 7.36. The van der Waals surface area contributed by atoms with Gasteiger partial charge in [-0.1, -0.05) is 6.08 Å². The van der Waals surface area contributed by atoms with Crippen LogP contribution in [-0.2, 0) is 6.42 Å². The van der Waals surface area contributed by atoms with Gasteiger partial charge in [0.2, 0.25) is 5.88 Å². The Hall–Kier alpha value is -0.830. The van der Waals surface area contributed by atoms with Crippen LogP contribution in [0, 0.1) is 0 Å². The third-order valence-corrected chi connectivity index (χ3v) is 2.17. The summed E-state index contributed by atoms with van der Waals surface area (Å²) in [6, 6.07) is 1.97. The molecular weight excluding hydrogens is 158 g/mol. The molecule has 0 unspecified atom stereocenters. The Morgan fingerprint density at radius 1 is 1.82 bits per heavy atom. The topological polar surface area (TPSA) is 22.1 Å². The zero-order chi connectivity index (χ0) is 8.10. The lowest BCUT2D eigenvalue weighted by Gasteiger charge is -1.88. The molecule has 0 aromatic carbocycles. The lowest BCUT2D eigenvalue weighted by atomic mass is 10.3. The van der Waals surface area contributed by atoms with E-state index in [-0.39, 0.29) is 0 Å². The van der Waals surface area contributed by atoms with Crippen molar-refractivity contribution >= 4 is 11.5 Å². The van der Waals surface area contributed by atoms with Crippen molar-refractivity contribution in [1.29, 1.82) is 0 Å². The van der Waals surface area contributed by atoms with E-state index in [2.05, 4.69) is 11.0 Å². The van der Waals surface area contributed by atoms with Crippen LogP contribution in [0.2, 0.25) is 0 Å². The molecule has 0 aliphatic carbocycles. The van der Waals surface area contributed by atoms with Crippen molar-refractivity contribution in [2.45, 2.75) is 12.8 Å². The number of methoxy groups -OCH3 is 1. The molecule has 0 aliphatic heterocycles. The van der Waals surface area contributed by atoms with E-state index in [1.54, 1.807) is 7.11 Å². The van der Waals surface area contributed by atoms with E-state index < -0.39 is 0 Å². The number of nitrogens with zero attached hydrogens (tertiary/aromatic N) is 1. The second-order valence-corrected chi connectivity index (χ2v) is 3.05. The number of hydrogen-bond acceptors (Lipinski definition) is 3. The Morgan fingerprint density at radius 3 is 3.18 bits per heavy atom. The molecule has 0 bridgehead atoms. The molecule has 60 valence electrons. The van der Waals surface area contributed by atoms with Crippen molar-refractivity contribution < 1.29 is 4.74 Å². The van der Waals surface area contributed by atoms with E-state index in [0.29, 0.717) is 5.88 Å². The van der Waals surface area contributed by atoms with E-state index in [0.717, 1.165) is 12.8 Å². The van der Waals surface area contributed by atoms with Crippen LogP contribution in [0.25, 0.3) is 0 Å². The summed E-state index contributed by atoms with van der Waals surface area (Å²) in [5.41, 5.74) is 0. The van der Waals surface area contributed by atoms with Gasteiger partial charge in [0, 0.05) is 10.9 Å². The second-order valence-electron chi connectivity index (χ2n) is 2.16. The quantitative estimate of drug-likeness (QED) is 0.645. The third kappa shape index (κ3) is 2.35. The summed E-state index contributed by atoms with van der Waals surface area (Å²) in [7, 11) is 1.63. The van der Waals surface area contributed by atoms with Gasteiger partial charge in [-0.3, -0.25) is 0 Å². The molecule has 1 rings (SSSR count). The standard InChI is InChI=1S/C8H11NOS/c1-3-4-5-7-6-8(10-2)9-11-7/h3,6H,1,4-5H2,2H3. The van der Waals surface area contributed by atoms with Crippen molar-refractivity contribution in [3.05, 3.63) is 23.6 Å². The van der Waals surface area contributed by atoms with Crippen LogP contribution in [0.1, 0.15) is 11.3 Å². The molecule has 1 aromatic rings. The number of allylic oxidation sites excluding steroid dienone is 1.